The van der Waals surface area contributed by atoms with Gasteiger partial charge in [0.2, 0.25) is 0 Å². The van der Waals surface area contributed by atoms with Crippen LogP contribution < -0.4 is 24.8 Å². The molecule has 1 aliphatic rings. The second-order valence-corrected chi connectivity index (χ2v) is 12.3. The quantitative estimate of drug-likeness (QED) is 0.242. The van der Waals surface area contributed by atoms with Gasteiger partial charge in [0.25, 0.3) is 0 Å². The van der Waals surface area contributed by atoms with Gasteiger partial charge in [0.1, 0.15) is 0 Å². The van der Waals surface area contributed by atoms with Gasteiger partial charge in [0.05, 0.1) is 0 Å². The van der Waals surface area contributed by atoms with E-state index >= 15 is 0 Å². The normalized spacial score (nSPS) is 11.8. The average Bonchev–Trinajstić information content (AvgIpc) is 3.54. The number of hydrogen-bond donors (Lipinski definition) is 0. The van der Waals surface area contributed by atoms with Crippen molar-refractivity contribution < 1.29 is 62.2 Å². The summed E-state index contributed by atoms with van der Waals surface area (Å²) in [6.45, 7) is 13.6. The summed E-state index contributed by atoms with van der Waals surface area (Å²) >= 11 is 1.10. The molecule has 40 heavy (non-hydrogen) atoms. The van der Waals surface area contributed by atoms with Crippen LogP contribution in [-0.4, -0.2) is 3.71 Å². The third kappa shape index (κ3) is 9.90. The van der Waals surface area contributed by atoms with Crippen molar-refractivity contribution in [3.05, 3.63) is 124 Å². The van der Waals surface area contributed by atoms with Crippen LogP contribution in [0.3, 0.4) is 0 Å². The first-order valence-electron chi connectivity index (χ1n) is 12.7. The summed E-state index contributed by atoms with van der Waals surface area (Å²) < 4.78 is 38.0. The molecule has 0 unspecified atom stereocenters. The van der Waals surface area contributed by atoms with Crippen molar-refractivity contribution in [3.8, 4) is 11.1 Å². The smallest absolute Gasteiger partial charge is 0.172 e. The van der Waals surface area contributed by atoms with Gasteiger partial charge in [-0.2, -0.15) is 42.0 Å². The van der Waals surface area contributed by atoms with Crippen molar-refractivity contribution in [2.24, 2.45) is 0 Å². The van der Waals surface area contributed by atoms with Crippen molar-refractivity contribution in [3.63, 3.8) is 0 Å². The molecule has 0 bridgehead atoms. The Morgan fingerprint density at radius 3 is 1.88 bits per heavy atom. The largest absolute Gasteiger partial charge is 1.00 e. The molecule has 4 aromatic carbocycles. The third-order valence-electron chi connectivity index (χ3n) is 6.40. The van der Waals surface area contributed by atoms with Crippen molar-refractivity contribution >= 4 is 3.71 Å². The van der Waals surface area contributed by atoms with E-state index in [1.807, 2.05) is 30.3 Å². The van der Waals surface area contributed by atoms with E-state index in [2.05, 4.69) is 77.9 Å². The van der Waals surface area contributed by atoms with E-state index in [9.17, 15) is 13.2 Å². The van der Waals surface area contributed by atoms with E-state index in [1.165, 1.54) is 39.4 Å². The van der Waals surface area contributed by atoms with Gasteiger partial charge in [-0.1, -0.05) is 65.3 Å². The van der Waals surface area contributed by atoms with Crippen molar-refractivity contribution in [2.45, 2.75) is 65.0 Å². The van der Waals surface area contributed by atoms with Gasteiger partial charge in [-0.3, -0.25) is 0 Å². The topological polar surface area (TPSA) is 0 Å². The molecule has 0 heterocycles. The fraction of sp³-hybridized carbons (Fsp3) is 0.294. The monoisotopic (exact) mass is 660 g/mol. The van der Waals surface area contributed by atoms with Crippen LogP contribution >= 0.6 is 0 Å². The summed E-state index contributed by atoms with van der Waals surface area (Å²) in [5.41, 5.74) is 8.75. The Balaban J connectivity index is 0.000000356. The van der Waals surface area contributed by atoms with E-state index < -0.39 is 11.7 Å². The molecular weight excluding hydrogens is 627 g/mol. The standard InChI is InChI=1S/C21H25.C8H5F3.C5H5.2ClH.Zr/c1-20(2,3)16-7-9-18-14(12-16)11-15-13-17(21(4,5)6)8-10-19(15)18;1-6-3-2-4-7(5-6)8(9,10)11;1-2-4-5-3-1;;;/h7-10,12H,11H2,1-6H3;1-5H;1-5H;2*1H;/q-1;;-1;;;+2/p-2. The first-order chi connectivity index (χ1) is 17.7. The summed E-state index contributed by atoms with van der Waals surface area (Å²) in [6, 6.07) is 30.5. The summed E-state index contributed by atoms with van der Waals surface area (Å²) in [5.74, 6) is 0. The molecule has 0 N–H and O–H groups in total. The van der Waals surface area contributed by atoms with E-state index in [-0.39, 0.29) is 35.6 Å². The SMILES string of the molecule is CC(C)(C)c1[c-]c2c(cc1)-c1ccc(C(C)(C)C)cc1C2.FC(F)(F)c1cccc([CH]=[Zr+2])c1.[Cl-].[Cl-].c1cc[cH-]c1. The van der Waals surface area contributed by atoms with Crippen LogP contribution in [0.1, 0.15) is 74.9 Å². The Labute approximate surface area is 264 Å². The van der Waals surface area contributed by atoms with Crippen molar-refractivity contribution in [1.29, 1.82) is 0 Å². The minimum Gasteiger partial charge on any atom is -1.00 e. The number of halogens is 5. The maximum absolute atomic E-state index is 12.1. The number of benzene rings is 3. The Hall–Kier alpha value is -1.87. The molecule has 0 radical (unpaired) electrons. The zero-order chi connectivity index (χ0) is 28.1. The van der Waals surface area contributed by atoms with Crippen LogP contribution in [0, 0.1) is 6.07 Å². The molecule has 0 aliphatic heterocycles. The van der Waals surface area contributed by atoms with Crippen LogP contribution in [0.2, 0.25) is 0 Å². The fourth-order valence-electron chi connectivity index (χ4n) is 4.15. The summed E-state index contributed by atoms with van der Waals surface area (Å²) in [4.78, 5) is 0. The Morgan fingerprint density at radius 2 is 1.38 bits per heavy atom. The second kappa shape index (κ2) is 14.9. The summed E-state index contributed by atoms with van der Waals surface area (Å²) in [6.07, 6.45) is -3.20. The minimum absolute atomic E-state index is 0. The molecule has 0 saturated carbocycles. The molecule has 5 rings (SSSR count). The molecule has 0 saturated heterocycles. The van der Waals surface area contributed by atoms with Crippen LogP contribution in [0.4, 0.5) is 13.2 Å². The van der Waals surface area contributed by atoms with Gasteiger partial charge in [0.15, 0.2) is 0 Å². The summed E-state index contributed by atoms with van der Waals surface area (Å²) in [7, 11) is 0. The predicted molar refractivity (Wildman–Crippen MR) is 150 cm³/mol. The van der Waals surface area contributed by atoms with Gasteiger partial charge < -0.3 is 24.8 Å². The van der Waals surface area contributed by atoms with Gasteiger partial charge >= 0.3 is 82.7 Å². The molecule has 1 aliphatic carbocycles. The predicted octanol–water partition coefficient (Wildman–Crippen LogP) is 3.47. The molecular formula is C34H35Cl2F3Zr-2. The molecule has 212 valence electrons. The van der Waals surface area contributed by atoms with Crippen LogP contribution in [-0.2, 0) is 47.7 Å². The van der Waals surface area contributed by atoms with Crippen molar-refractivity contribution in [1.82, 2.24) is 0 Å². The number of alkyl halides is 3. The summed E-state index contributed by atoms with van der Waals surface area (Å²) in [5, 5.41) is 0. The minimum atomic E-state index is -4.23. The van der Waals surface area contributed by atoms with Crippen LogP contribution in [0.25, 0.3) is 11.1 Å². The van der Waals surface area contributed by atoms with E-state index in [0.29, 0.717) is 5.56 Å². The van der Waals surface area contributed by atoms with Crippen LogP contribution in [0.15, 0.2) is 84.9 Å². The van der Waals surface area contributed by atoms with Gasteiger partial charge in [0, 0.05) is 0 Å². The molecule has 0 nitrogen and oxygen atoms in total. The zero-order valence-corrected chi connectivity index (χ0v) is 27.7. The molecule has 0 spiro atoms. The molecule has 0 fully saturated rings. The average molecular weight is 663 g/mol. The van der Waals surface area contributed by atoms with Crippen LogP contribution in [0.5, 0.6) is 0 Å². The molecule has 0 amide bonds. The number of rotatable bonds is 1. The second-order valence-electron chi connectivity index (χ2n) is 11.5. The van der Waals surface area contributed by atoms with E-state index in [4.69, 9.17) is 0 Å². The Morgan fingerprint density at radius 1 is 0.750 bits per heavy atom. The van der Waals surface area contributed by atoms with E-state index in [1.54, 1.807) is 9.78 Å². The van der Waals surface area contributed by atoms with Gasteiger partial charge in [-0.15, -0.1) is 11.1 Å². The first kappa shape index (κ1) is 36.2. The maximum atomic E-state index is 12.1. The zero-order valence-electron chi connectivity index (χ0n) is 23.8. The van der Waals surface area contributed by atoms with E-state index in [0.717, 1.165) is 42.8 Å². The first-order valence-corrected chi connectivity index (χ1v) is 14.2. The molecule has 6 heteroatoms. The number of fused-ring (bicyclic) bond motifs is 3. The third-order valence-corrected chi connectivity index (χ3v) is 7.22. The molecule has 0 atom stereocenters. The van der Waals surface area contributed by atoms with Gasteiger partial charge in [-0.05, 0) is 28.4 Å². The number of hydrogen-bond acceptors (Lipinski definition) is 0. The van der Waals surface area contributed by atoms with Gasteiger partial charge in [-0.25, -0.2) is 12.1 Å². The van der Waals surface area contributed by atoms with Crippen molar-refractivity contribution in [2.75, 3.05) is 0 Å². The maximum Gasteiger partial charge on any atom is -0.172 e. The Bertz CT molecular complexity index is 1280. The molecule has 0 aromatic heterocycles. The fourth-order valence-corrected chi connectivity index (χ4v) is 4.59. The Kier molecular flexibility index (Phi) is 13.4. The molecule has 4 aromatic rings.